The largest absolute Gasteiger partial charge is 0.381 e. The first-order valence-corrected chi connectivity index (χ1v) is 9.38. The molecule has 3 aromatic rings. The molecule has 1 nitrogen and oxygen atoms in total. The van der Waals surface area contributed by atoms with Crippen LogP contribution < -0.4 is 0 Å². The predicted molar refractivity (Wildman–Crippen MR) is 114 cm³/mol. The summed E-state index contributed by atoms with van der Waals surface area (Å²) in [7, 11) is 0. The minimum atomic E-state index is -1.10. The van der Waals surface area contributed by atoms with Gasteiger partial charge in [-0.25, -0.2) is 0 Å². The van der Waals surface area contributed by atoms with Gasteiger partial charge in [0.05, 0.1) is 0 Å². The molecule has 0 radical (unpaired) electrons. The number of aryl methyl sites for hydroxylation is 1. The minimum Gasteiger partial charge on any atom is -0.381 e. The quantitative estimate of drug-likeness (QED) is 0.378. The number of rotatable bonds is 4. The van der Waals surface area contributed by atoms with E-state index in [1.165, 1.54) is 5.56 Å². The lowest BCUT2D eigenvalue weighted by Crippen LogP contribution is -2.24. The van der Waals surface area contributed by atoms with E-state index in [-0.39, 0.29) is 0 Å². The van der Waals surface area contributed by atoms with Crippen molar-refractivity contribution in [2.45, 2.75) is 19.4 Å². The first-order valence-electron chi connectivity index (χ1n) is 8.31. The third kappa shape index (κ3) is 3.86. The van der Waals surface area contributed by atoms with Crippen LogP contribution in [0.25, 0.3) is 9.15 Å². The Hall–Kier alpha value is -1.91. The summed E-state index contributed by atoms with van der Waals surface area (Å²) in [6.07, 6.45) is 0. The Kier molecular flexibility index (Phi) is 5.40. The van der Waals surface area contributed by atoms with Gasteiger partial charge in [0.2, 0.25) is 0 Å². The zero-order chi connectivity index (χ0) is 17.9. The summed E-state index contributed by atoms with van der Waals surface area (Å²) in [4.78, 5) is 0. The lowest BCUT2D eigenvalue weighted by Gasteiger charge is -2.29. The molecule has 0 aliphatic carbocycles. The molecule has 3 aromatic carbocycles. The van der Waals surface area contributed by atoms with Crippen LogP contribution in [0.15, 0.2) is 84.9 Å². The highest BCUT2D eigenvalue weighted by Crippen LogP contribution is 2.43. The van der Waals surface area contributed by atoms with Crippen molar-refractivity contribution in [3.05, 3.63) is 107 Å². The lowest BCUT2D eigenvalue weighted by molar-refractivity contribution is 0.123. The molecule has 3 rings (SSSR count). The van der Waals surface area contributed by atoms with Gasteiger partial charge in [0, 0.05) is 9.15 Å². The van der Waals surface area contributed by atoms with Crippen LogP contribution in [-0.2, 0) is 5.60 Å². The molecule has 0 saturated carbocycles. The second-order valence-corrected chi connectivity index (χ2v) is 7.44. The summed E-state index contributed by atoms with van der Waals surface area (Å²) >= 11 is 2.35. The molecule has 25 heavy (non-hydrogen) atoms. The summed E-state index contributed by atoms with van der Waals surface area (Å²) in [5.74, 6) is 0. The van der Waals surface area contributed by atoms with E-state index in [2.05, 4.69) is 53.8 Å². The van der Waals surface area contributed by atoms with E-state index in [0.717, 1.165) is 25.8 Å². The number of hydrogen-bond acceptors (Lipinski definition) is 1. The Morgan fingerprint density at radius 3 is 1.76 bits per heavy atom. The van der Waals surface area contributed by atoms with Gasteiger partial charge in [0.15, 0.2) is 0 Å². The van der Waals surface area contributed by atoms with Gasteiger partial charge in [-0.05, 0) is 53.1 Å². The predicted octanol–water partition coefficient (Wildman–Crippen LogP) is 6.21. The summed E-state index contributed by atoms with van der Waals surface area (Å²) in [6.45, 7) is 3.93. The first kappa shape index (κ1) is 17.9. The van der Waals surface area contributed by atoms with Gasteiger partial charge < -0.3 is 5.11 Å². The summed E-state index contributed by atoms with van der Waals surface area (Å²) < 4.78 is 1.05. The maximum absolute atomic E-state index is 11.6. The zero-order valence-electron chi connectivity index (χ0n) is 14.4. The monoisotopic (exact) mass is 440 g/mol. The van der Waals surface area contributed by atoms with Crippen LogP contribution in [-0.4, -0.2) is 5.11 Å². The van der Waals surface area contributed by atoms with E-state index in [1.54, 1.807) is 0 Å². The van der Waals surface area contributed by atoms with Gasteiger partial charge in [0.25, 0.3) is 0 Å². The van der Waals surface area contributed by atoms with E-state index in [0.29, 0.717) is 0 Å². The van der Waals surface area contributed by atoms with Crippen molar-refractivity contribution >= 4 is 31.7 Å². The van der Waals surface area contributed by atoms with Crippen LogP contribution in [0.1, 0.15) is 29.2 Å². The van der Waals surface area contributed by atoms with Crippen molar-refractivity contribution in [2.24, 2.45) is 0 Å². The zero-order valence-corrected chi connectivity index (χ0v) is 16.6. The molecule has 0 bridgehead atoms. The highest BCUT2D eigenvalue weighted by Gasteiger charge is 2.31. The highest BCUT2D eigenvalue weighted by atomic mass is 127. The minimum absolute atomic E-state index is 0.891. The van der Waals surface area contributed by atoms with Gasteiger partial charge in [-0.3, -0.25) is 0 Å². The van der Waals surface area contributed by atoms with Crippen molar-refractivity contribution in [3.8, 4) is 0 Å². The highest BCUT2D eigenvalue weighted by molar-refractivity contribution is 14.1. The van der Waals surface area contributed by atoms with Crippen LogP contribution >= 0.6 is 22.6 Å². The first-order chi connectivity index (χ1) is 12.0. The van der Waals surface area contributed by atoms with Crippen molar-refractivity contribution in [1.82, 2.24) is 0 Å². The molecule has 0 spiro atoms. The SMILES string of the molecule is Cc1ccc(C(C)(O)/C(=C(\I)c2ccccc2)c2ccccc2)cc1. The summed E-state index contributed by atoms with van der Waals surface area (Å²) in [5, 5.41) is 11.6. The number of hydrogen-bond donors (Lipinski definition) is 1. The van der Waals surface area contributed by atoms with Crippen molar-refractivity contribution in [2.75, 3.05) is 0 Å². The molecular weight excluding hydrogens is 419 g/mol. The third-order valence-corrected chi connectivity index (χ3v) is 5.57. The van der Waals surface area contributed by atoms with E-state index in [1.807, 2.05) is 67.6 Å². The molecule has 0 saturated heterocycles. The second kappa shape index (κ2) is 7.54. The molecule has 0 aliphatic heterocycles. The Balaban J connectivity index is 2.23. The van der Waals surface area contributed by atoms with Crippen molar-refractivity contribution in [1.29, 1.82) is 0 Å². The van der Waals surface area contributed by atoms with E-state index < -0.39 is 5.60 Å². The fourth-order valence-corrected chi connectivity index (χ4v) is 4.17. The third-order valence-electron chi connectivity index (χ3n) is 4.41. The number of aliphatic hydroxyl groups is 1. The average molecular weight is 440 g/mol. The van der Waals surface area contributed by atoms with Crippen LogP contribution in [0, 0.1) is 6.92 Å². The fourth-order valence-electron chi connectivity index (χ4n) is 2.98. The summed E-state index contributed by atoms with van der Waals surface area (Å²) in [5.41, 5.74) is 4.03. The lowest BCUT2D eigenvalue weighted by atomic mass is 9.82. The topological polar surface area (TPSA) is 20.2 Å². The maximum atomic E-state index is 11.6. The molecule has 0 amide bonds. The molecular formula is C23H21IO. The van der Waals surface area contributed by atoms with Crippen LogP contribution in [0.2, 0.25) is 0 Å². The molecule has 0 aliphatic rings. The Bertz CT molecular complexity index is 863. The smallest absolute Gasteiger partial charge is 0.113 e. The molecule has 2 heteroatoms. The standard InChI is InChI=1S/C23H21IO/c1-17-13-15-20(16-14-17)23(2,25)21(18-9-5-3-6-10-18)22(24)19-11-7-4-8-12-19/h3-16,25H,1-2H3/b22-21-. The van der Waals surface area contributed by atoms with Crippen molar-refractivity contribution < 1.29 is 5.11 Å². The Labute approximate surface area is 163 Å². The van der Waals surface area contributed by atoms with Crippen molar-refractivity contribution in [3.63, 3.8) is 0 Å². The molecule has 1 unspecified atom stereocenters. The van der Waals surface area contributed by atoms with Crippen LogP contribution in [0.3, 0.4) is 0 Å². The van der Waals surface area contributed by atoms with Gasteiger partial charge in [-0.15, -0.1) is 0 Å². The summed E-state index contributed by atoms with van der Waals surface area (Å²) in [6, 6.07) is 28.4. The molecule has 0 fully saturated rings. The molecule has 0 heterocycles. The molecule has 126 valence electrons. The second-order valence-electron chi connectivity index (χ2n) is 6.36. The van der Waals surface area contributed by atoms with E-state index >= 15 is 0 Å². The van der Waals surface area contributed by atoms with Gasteiger partial charge in [-0.2, -0.15) is 0 Å². The Morgan fingerprint density at radius 2 is 1.24 bits per heavy atom. The van der Waals surface area contributed by atoms with Crippen LogP contribution in [0.5, 0.6) is 0 Å². The molecule has 1 N–H and O–H groups in total. The molecule has 0 aromatic heterocycles. The normalized spacial score (nSPS) is 14.6. The average Bonchev–Trinajstić information content (AvgIpc) is 2.63. The van der Waals surface area contributed by atoms with Gasteiger partial charge >= 0.3 is 0 Å². The van der Waals surface area contributed by atoms with Gasteiger partial charge in [-0.1, -0.05) is 90.5 Å². The molecule has 1 atom stereocenters. The van der Waals surface area contributed by atoms with E-state index in [9.17, 15) is 5.11 Å². The van der Waals surface area contributed by atoms with Gasteiger partial charge in [0.1, 0.15) is 5.60 Å². The number of benzene rings is 3. The van der Waals surface area contributed by atoms with E-state index in [4.69, 9.17) is 0 Å². The van der Waals surface area contributed by atoms with Crippen LogP contribution in [0.4, 0.5) is 0 Å². The Morgan fingerprint density at radius 1 is 0.760 bits per heavy atom. The maximum Gasteiger partial charge on any atom is 0.113 e. The fraction of sp³-hybridized carbons (Fsp3) is 0.130. The number of halogens is 1.